The van der Waals surface area contributed by atoms with Crippen LogP contribution in [0.4, 0.5) is 10.5 Å². The largest absolute Gasteiger partial charge is 0.322 e. The third-order valence-corrected chi connectivity index (χ3v) is 7.32. The van der Waals surface area contributed by atoms with Crippen LogP contribution < -0.4 is 10.5 Å². The monoisotopic (exact) mass is 419 g/mol. The van der Waals surface area contributed by atoms with Gasteiger partial charge in [-0.15, -0.1) is 22.7 Å². The van der Waals surface area contributed by atoms with Crippen LogP contribution in [0.15, 0.2) is 58.1 Å². The van der Waals surface area contributed by atoms with E-state index in [0.717, 1.165) is 11.3 Å². The SMILES string of the molecule is NS(=O)(=O)c1ccc(NC(=O)N2CCc3sccc3C2c2cccs2)cc1. The summed E-state index contributed by atoms with van der Waals surface area (Å²) in [5.74, 6) is 0. The number of fused-ring (bicyclic) bond motifs is 1. The van der Waals surface area contributed by atoms with Crippen molar-refractivity contribution >= 4 is 44.4 Å². The summed E-state index contributed by atoms with van der Waals surface area (Å²) in [7, 11) is -3.75. The Balaban J connectivity index is 1.59. The minimum absolute atomic E-state index is 0.0119. The molecule has 140 valence electrons. The summed E-state index contributed by atoms with van der Waals surface area (Å²) in [4.78, 5) is 17.2. The summed E-state index contributed by atoms with van der Waals surface area (Å²) in [5.41, 5.74) is 1.70. The predicted molar refractivity (Wildman–Crippen MR) is 108 cm³/mol. The number of nitrogens with one attached hydrogen (secondary N) is 1. The van der Waals surface area contributed by atoms with Gasteiger partial charge >= 0.3 is 6.03 Å². The molecule has 1 aromatic carbocycles. The van der Waals surface area contributed by atoms with Gasteiger partial charge in [-0.25, -0.2) is 18.4 Å². The molecule has 3 aromatic rings. The van der Waals surface area contributed by atoms with Crippen molar-refractivity contribution < 1.29 is 13.2 Å². The second-order valence-electron chi connectivity index (χ2n) is 6.16. The van der Waals surface area contributed by atoms with Crippen LogP contribution in [0, 0.1) is 0 Å². The number of thiophene rings is 2. The normalized spacial score (nSPS) is 16.8. The van der Waals surface area contributed by atoms with Gasteiger partial charge in [0.05, 0.1) is 10.9 Å². The van der Waals surface area contributed by atoms with E-state index in [1.807, 2.05) is 22.4 Å². The number of amides is 2. The van der Waals surface area contributed by atoms with Crippen LogP contribution in [-0.2, 0) is 16.4 Å². The highest BCUT2D eigenvalue weighted by molar-refractivity contribution is 7.89. The first-order valence-electron chi connectivity index (χ1n) is 8.23. The number of benzene rings is 1. The van der Waals surface area contributed by atoms with Crippen LogP contribution in [0.5, 0.6) is 0 Å². The Hall–Kier alpha value is -2.20. The molecule has 0 fully saturated rings. The zero-order valence-corrected chi connectivity index (χ0v) is 16.6. The van der Waals surface area contributed by atoms with Crippen LogP contribution in [0.1, 0.15) is 21.4 Å². The van der Waals surface area contributed by atoms with Gasteiger partial charge in [-0.3, -0.25) is 0 Å². The van der Waals surface area contributed by atoms with E-state index in [1.54, 1.807) is 22.7 Å². The number of rotatable bonds is 3. The van der Waals surface area contributed by atoms with Gasteiger partial charge in [-0.1, -0.05) is 6.07 Å². The highest BCUT2D eigenvalue weighted by atomic mass is 32.2. The Kier molecular flexibility index (Phi) is 4.77. The number of hydrogen-bond donors (Lipinski definition) is 2. The number of nitrogens with two attached hydrogens (primary N) is 1. The van der Waals surface area contributed by atoms with Crippen LogP contribution in [0.2, 0.25) is 0 Å². The number of primary sulfonamides is 1. The van der Waals surface area contributed by atoms with E-state index in [2.05, 4.69) is 16.8 Å². The van der Waals surface area contributed by atoms with Crippen LogP contribution in [0.3, 0.4) is 0 Å². The van der Waals surface area contributed by atoms with Crippen LogP contribution >= 0.6 is 22.7 Å². The summed E-state index contributed by atoms with van der Waals surface area (Å²) in [6.07, 6.45) is 0.826. The topological polar surface area (TPSA) is 92.5 Å². The lowest BCUT2D eigenvalue weighted by Crippen LogP contribution is -2.42. The zero-order valence-electron chi connectivity index (χ0n) is 14.2. The molecule has 4 rings (SSSR count). The molecule has 0 bridgehead atoms. The van der Waals surface area contributed by atoms with Gasteiger partial charge in [-0.2, -0.15) is 0 Å². The van der Waals surface area contributed by atoms with Crippen molar-refractivity contribution in [3.05, 3.63) is 68.5 Å². The number of sulfonamides is 1. The first kappa shape index (κ1) is 18.2. The molecule has 2 aromatic heterocycles. The Morgan fingerprint density at radius 1 is 1.11 bits per heavy atom. The highest BCUT2D eigenvalue weighted by Gasteiger charge is 2.33. The third-order valence-electron chi connectivity index (χ3n) is 4.47. The smallest absolute Gasteiger partial charge is 0.312 e. The third kappa shape index (κ3) is 3.63. The number of nitrogens with zero attached hydrogens (tertiary/aromatic N) is 1. The molecule has 27 heavy (non-hydrogen) atoms. The molecule has 3 N–H and O–H groups in total. The molecule has 0 radical (unpaired) electrons. The van der Waals surface area contributed by atoms with Crippen molar-refractivity contribution in [1.82, 2.24) is 4.90 Å². The van der Waals surface area contributed by atoms with Crippen LogP contribution in [0.25, 0.3) is 0 Å². The van der Waals surface area contributed by atoms with E-state index in [4.69, 9.17) is 5.14 Å². The van der Waals surface area contributed by atoms with Crippen molar-refractivity contribution in [2.45, 2.75) is 17.4 Å². The van der Waals surface area contributed by atoms with Gasteiger partial charge in [0, 0.05) is 22.0 Å². The molecule has 1 unspecified atom stereocenters. The average molecular weight is 420 g/mol. The lowest BCUT2D eigenvalue weighted by atomic mass is 9.99. The van der Waals surface area contributed by atoms with E-state index in [-0.39, 0.29) is 17.0 Å². The zero-order chi connectivity index (χ0) is 19.0. The maximum absolute atomic E-state index is 13.0. The second-order valence-corrected chi connectivity index (χ2v) is 9.70. The van der Waals surface area contributed by atoms with Crippen molar-refractivity contribution in [3.63, 3.8) is 0 Å². The van der Waals surface area contributed by atoms with Crippen molar-refractivity contribution in [1.29, 1.82) is 0 Å². The molecule has 9 heteroatoms. The van der Waals surface area contributed by atoms with Gasteiger partial charge in [0.1, 0.15) is 0 Å². The van der Waals surface area contributed by atoms with Gasteiger partial charge in [0.15, 0.2) is 0 Å². The fourth-order valence-corrected chi connectivity index (χ4v) is 5.49. The number of urea groups is 1. The first-order chi connectivity index (χ1) is 12.9. The molecule has 2 amide bonds. The Morgan fingerprint density at radius 3 is 2.56 bits per heavy atom. The molecule has 0 aliphatic carbocycles. The molecule has 0 saturated carbocycles. The Labute approximate surface area is 165 Å². The summed E-state index contributed by atoms with van der Waals surface area (Å²) < 4.78 is 22.7. The molecular weight excluding hydrogens is 402 g/mol. The lowest BCUT2D eigenvalue weighted by Gasteiger charge is -2.35. The fourth-order valence-electron chi connectivity index (χ4n) is 3.21. The molecule has 1 aliphatic rings. The summed E-state index contributed by atoms with van der Waals surface area (Å²) >= 11 is 3.36. The van der Waals surface area contributed by atoms with E-state index < -0.39 is 10.0 Å². The molecular formula is C18H17N3O3S3. The lowest BCUT2D eigenvalue weighted by molar-refractivity contribution is 0.195. The molecule has 0 saturated heterocycles. The minimum atomic E-state index is -3.75. The van der Waals surface area contributed by atoms with Gasteiger partial charge in [-0.05, 0) is 59.1 Å². The Bertz CT molecular complexity index is 1060. The summed E-state index contributed by atoms with van der Waals surface area (Å²) in [5, 5.41) is 12.1. The summed E-state index contributed by atoms with van der Waals surface area (Å²) in [6, 6.07) is 11.6. The standard InChI is InChI=1S/C18H17N3O3S3/c19-27(23,24)13-5-3-12(4-6-13)20-18(22)21-9-7-15-14(8-11-26-15)17(21)16-2-1-10-25-16/h1-6,8,10-11,17H,7,9H2,(H,20,22)(H2,19,23,24). The molecule has 0 spiro atoms. The number of anilines is 1. The molecule has 3 heterocycles. The molecule has 1 atom stereocenters. The molecule has 6 nitrogen and oxygen atoms in total. The minimum Gasteiger partial charge on any atom is -0.312 e. The molecule has 1 aliphatic heterocycles. The van der Waals surface area contributed by atoms with Gasteiger partial charge in [0.2, 0.25) is 10.0 Å². The summed E-state index contributed by atoms with van der Waals surface area (Å²) in [6.45, 7) is 0.622. The van der Waals surface area contributed by atoms with E-state index >= 15 is 0 Å². The van der Waals surface area contributed by atoms with E-state index in [9.17, 15) is 13.2 Å². The van der Waals surface area contributed by atoms with Crippen molar-refractivity contribution in [3.8, 4) is 0 Å². The Morgan fingerprint density at radius 2 is 1.89 bits per heavy atom. The first-order valence-corrected chi connectivity index (χ1v) is 11.5. The van der Waals surface area contributed by atoms with Crippen LogP contribution in [-0.4, -0.2) is 25.9 Å². The number of carbonyl (C=O) groups is 1. The predicted octanol–water partition coefficient (Wildman–Crippen LogP) is 3.64. The highest BCUT2D eigenvalue weighted by Crippen LogP contribution is 2.39. The number of carbonyl (C=O) groups excluding carboxylic acids is 1. The maximum atomic E-state index is 13.0. The van der Waals surface area contributed by atoms with Gasteiger partial charge < -0.3 is 10.2 Å². The quantitative estimate of drug-likeness (QED) is 0.679. The van der Waals surface area contributed by atoms with E-state index in [1.165, 1.54) is 34.7 Å². The van der Waals surface area contributed by atoms with Crippen molar-refractivity contribution in [2.75, 3.05) is 11.9 Å². The van der Waals surface area contributed by atoms with Crippen molar-refractivity contribution in [2.24, 2.45) is 5.14 Å². The average Bonchev–Trinajstić information content (AvgIpc) is 3.32. The van der Waals surface area contributed by atoms with E-state index in [0.29, 0.717) is 12.2 Å². The second kappa shape index (κ2) is 7.08. The van der Waals surface area contributed by atoms with Gasteiger partial charge in [0.25, 0.3) is 0 Å². The number of hydrogen-bond acceptors (Lipinski definition) is 5. The fraction of sp³-hybridized carbons (Fsp3) is 0.167. The maximum Gasteiger partial charge on any atom is 0.322 e.